The molecule has 1 fully saturated rings. The van der Waals surface area contributed by atoms with Gasteiger partial charge in [-0.3, -0.25) is 4.79 Å². The number of halogens is 1. The molecule has 1 N–H and O–H groups in total. The maximum Gasteiger partial charge on any atom is 0.248 e. The third kappa shape index (κ3) is 6.54. The van der Waals surface area contributed by atoms with Crippen LogP contribution in [0.5, 0.6) is 0 Å². The van der Waals surface area contributed by atoms with E-state index in [1.54, 1.807) is 7.11 Å². The molecule has 108 valence electrons. The molecule has 1 amide bonds. The molecule has 6 heteroatoms. The molecule has 0 aromatic heterocycles. The van der Waals surface area contributed by atoms with E-state index in [1.165, 1.54) is 0 Å². The quantitative estimate of drug-likeness (QED) is 0.727. The van der Waals surface area contributed by atoms with Crippen LogP contribution >= 0.6 is 12.4 Å². The average Bonchev–Trinajstić information content (AvgIpc) is 2.62. The number of rotatable bonds is 6. The Morgan fingerprint density at radius 2 is 2.11 bits per heavy atom. The van der Waals surface area contributed by atoms with Crippen LogP contribution in [0.2, 0.25) is 0 Å². The smallest absolute Gasteiger partial charge is 0.248 e. The van der Waals surface area contributed by atoms with Gasteiger partial charge in [0.2, 0.25) is 5.91 Å². The van der Waals surface area contributed by atoms with Gasteiger partial charge in [-0.25, -0.2) is 0 Å². The molecular formula is C12H25ClN2O3. The number of methoxy groups -OCH3 is 1. The lowest BCUT2D eigenvalue weighted by atomic mass is 10.1. The summed E-state index contributed by atoms with van der Waals surface area (Å²) in [5.74, 6) is 0.0630. The second-order valence-electron chi connectivity index (χ2n) is 4.38. The normalized spacial score (nSPS) is 19.8. The van der Waals surface area contributed by atoms with Crippen molar-refractivity contribution >= 4 is 18.3 Å². The number of ether oxygens (including phenoxy) is 2. The van der Waals surface area contributed by atoms with E-state index in [1.807, 2.05) is 11.9 Å². The van der Waals surface area contributed by atoms with Crippen molar-refractivity contribution in [3.05, 3.63) is 0 Å². The largest absolute Gasteiger partial charge is 0.382 e. The molecule has 1 heterocycles. The predicted molar refractivity (Wildman–Crippen MR) is 73.2 cm³/mol. The zero-order chi connectivity index (χ0) is 12.5. The average molecular weight is 281 g/mol. The molecule has 0 bridgehead atoms. The van der Waals surface area contributed by atoms with Gasteiger partial charge < -0.3 is 19.7 Å². The van der Waals surface area contributed by atoms with Crippen LogP contribution in [0.3, 0.4) is 0 Å². The van der Waals surface area contributed by atoms with Crippen LogP contribution in [0, 0.1) is 0 Å². The van der Waals surface area contributed by atoms with Gasteiger partial charge in [0.15, 0.2) is 0 Å². The van der Waals surface area contributed by atoms with Gasteiger partial charge in [0.1, 0.15) is 6.61 Å². The molecule has 1 unspecified atom stereocenters. The van der Waals surface area contributed by atoms with Crippen molar-refractivity contribution in [1.82, 2.24) is 10.2 Å². The van der Waals surface area contributed by atoms with Crippen LogP contribution in [0.4, 0.5) is 0 Å². The number of likely N-dealkylation sites (N-methyl/N-ethyl adjacent to an activating group) is 1. The van der Waals surface area contributed by atoms with Gasteiger partial charge in [-0.15, -0.1) is 12.4 Å². The first-order chi connectivity index (χ1) is 8.25. The molecule has 18 heavy (non-hydrogen) atoms. The summed E-state index contributed by atoms with van der Waals surface area (Å²) < 4.78 is 10.1. The van der Waals surface area contributed by atoms with Crippen LogP contribution in [0.25, 0.3) is 0 Å². The molecule has 0 aromatic carbocycles. The van der Waals surface area contributed by atoms with E-state index < -0.39 is 0 Å². The minimum Gasteiger partial charge on any atom is -0.382 e. The highest BCUT2D eigenvalue weighted by molar-refractivity contribution is 5.85. The Kier molecular flexibility index (Phi) is 10.3. The Bertz CT molecular complexity index is 221. The molecule has 0 spiro atoms. The van der Waals surface area contributed by atoms with Gasteiger partial charge in [0, 0.05) is 20.2 Å². The van der Waals surface area contributed by atoms with Crippen LogP contribution in [0.15, 0.2) is 0 Å². The SMILES string of the molecule is COCCOCC(=O)N(C)C1CCCNCC1.Cl. The molecular weight excluding hydrogens is 256 g/mol. The second-order valence-corrected chi connectivity index (χ2v) is 4.38. The van der Waals surface area contributed by atoms with Crippen LogP contribution in [-0.4, -0.2) is 63.9 Å². The van der Waals surface area contributed by atoms with Crippen molar-refractivity contribution < 1.29 is 14.3 Å². The summed E-state index contributed by atoms with van der Waals surface area (Å²) in [6, 6.07) is 0.350. The van der Waals surface area contributed by atoms with Crippen molar-refractivity contribution in [3.8, 4) is 0 Å². The lowest BCUT2D eigenvalue weighted by Crippen LogP contribution is -2.39. The fraction of sp³-hybridized carbons (Fsp3) is 0.917. The molecule has 0 saturated carbocycles. The number of hydrogen-bond donors (Lipinski definition) is 1. The number of hydrogen-bond acceptors (Lipinski definition) is 4. The third-order valence-corrected chi connectivity index (χ3v) is 3.14. The van der Waals surface area contributed by atoms with Gasteiger partial charge in [0.25, 0.3) is 0 Å². The van der Waals surface area contributed by atoms with Crippen LogP contribution < -0.4 is 5.32 Å². The fourth-order valence-electron chi connectivity index (χ4n) is 2.00. The third-order valence-electron chi connectivity index (χ3n) is 3.14. The van der Waals surface area contributed by atoms with Crippen molar-refractivity contribution in [2.24, 2.45) is 0 Å². The van der Waals surface area contributed by atoms with E-state index in [0.717, 1.165) is 32.4 Å². The lowest BCUT2D eigenvalue weighted by molar-refractivity contribution is -0.137. The molecule has 0 aromatic rings. The number of nitrogens with one attached hydrogen (secondary N) is 1. The summed E-state index contributed by atoms with van der Waals surface area (Å²) in [5, 5.41) is 3.35. The summed E-state index contributed by atoms with van der Waals surface area (Å²) in [4.78, 5) is 13.7. The van der Waals surface area contributed by atoms with E-state index in [2.05, 4.69) is 5.32 Å². The van der Waals surface area contributed by atoms with Crippen LogP contribution in [0.1, 0.15) is 19.3 Å². The summed E-state index contributed by atoms with van der Waals surface area (Å²) in [6.45, 7) is 3.21. The lowest BCUT2D eigenvalue weighted by Gasteiger charge is -2.26. The van der Waals surface area contributed by atoms with E-state index in [4.69, 9.17) is 9.47 Å². The minimum absolute atomic E-state index is 0. The number of nitrogens with zero attached hydrogens (tertiary/aromatic N) is 1. The van der Waals surface area contributed by atoms with E-state index >= 15 is 0 Å². The first-order valence-corrected chi connectivity index (χ1v) is 6.28. The predicted octanol–water partition coefficient (Wildman–Crippen LogP) is 0.672. The van der Waals surface area contributed by atoms with Gasteiger partial charge in [-0.05, 0) is 32.4 Å². The highest BCUT2D eigenvalue weighted by atomic mass is 35.5. The Hall–Kier alpha value is -0.360. The fourth-order valence-corrected chi connectivity index (χ4v) is 2.00. The topological polar surface area (TPSA) is 50.8 Å². The summed E-state index contributed by atoms with van der Waals surface area (Å²) >= 11 is 0. The summed E-state index contributed by atoms with van der Waals surface area (Å²) in [5.41, 5.74) is 0. The highest BCUT2D eigenvalue weighted by Gasteiger charge is 2.20. The zero-order valence-corrected chi connectivity index (χ0v) is 12.1. The summed E-state index contributed by atoms with van der Waals surface area (Å²) in [6.07, 6.45) is 3.24. The molecule has 1 atom stereocenters. The maximum atomic E-state index is 11.9. The van der Waals surface area contributed by atoms with Gasteiger partial charge in [0.05, 0.1) is 13.2 Å². The van der Waals surface area contributed by atoms with E-state index in [9.17, 15) is 4.79 Å². The molecule has 1 aliphatic rings. The summed E-state index contributed by atoms with van der Waals surface area (Å²) in [7, 11) is 3.49. The van der Waals surface area contributed by atoms with Gasteiger partial charge >= 0.3 is 0 Å². The molecule has 1 saturated heterocycles. The standard InChI is InChI=1S/C12H24N2O3.ClH/c1-14(11-4-3-6-13-7-5-11)12(15)10-17-9-8-16-2;/h11,13H,3-10H2,1-2H3;1H. The van der Waals surface area contributed by atoms with Gasteiger partial charge in [-0.1, -0.05) is 0 Å². The van der Waals surface area contributed by atoms with E-state index in [-0.39, 0.29) is 24.9 Å². The molecule has 0 radical (unpaired) electrons. The highest BCUT2D eigenvalue weighted by Crippen LogP contribution is 2.11. The monoisotopic (exact) mass is 280 g/mol. The van der Waals surface area contributed by atoms with Crippen molar-refractivity contribution in [2.75, 3.05) is 47.1 Å². The number of carbonyl (C=O) groups excluding carboxylic acids is 1. The Labute approximate surface area is 116 Å². The Balaban J connectivity index is 0.00000289. The molecule has 0 aliphatic carbocycles. The maximum absolute atomic E-state index is 11.9. The second kappa shape index (κ2) is 10.6. The molecule has 1 rings (SSSR count). The minimum atomic E-state index is 0. The van der Waals surface area contributed by atoms with Crippen molar-refractivity contribution in [3.63, 3.8) is 0 Å². The number of amides is 1. The first-order valence-electron chi connectivity index (χ1n) is 6.28. The molecule has 5 nitrogen and oxygen atoms in total. The molecule has 1 aliphatic heterocycles. The van der Waals surface area contributed by atoms with E-state index in [0.29, 0.717) is 19.3 Å². The Morgan fingerprint density at radius 1 is 1.33 bits per heavy atom. The zero-order valence-electron chi connectivity index (χ0n) is 11.3. The van der Waals surface area contributed by atoms with Crippen molar-refractivity contribution in [2.45, 2.75) is 25.3 Å². The number of carbonyl (C=O) groups is 1. The first kappa shape index (κ1) is 17.6. The van der Waals surface area contributed by atoms with Crippen molar-refractivity contribution in [1.29, 1.82) is 0 Å². The van der Waals surface area contributed by atoms with Gasteiger partial charge in [-0.2, -0.15) is 0 Å². The van der Waals surface area contributed by atoms with Crippen LogP contribution in [-0.2, 0) is 14.3 Å². The Morgan fingerprint density at radius 3 is 2.83 bits per heavy atom.